The molecule has 138 valence electrons. The van der Waals surface area contributed by atoms with Gasteiger partial charge in [-0.15, -0.1) is 11.3 Å². The molecule has 0 spiro atoms. The summed E-state index contributed by atoms with van der Waals surface area (Å²) in [7, 11) is 2.07. The van der Waals surface area contributed by atoms with Gasteiger partial charge in [0, 0.05) is 34.4 Å². The number of fused-ring (bicyclic) bond motifs is 2. The number of nitrogens with zero attached hydrogens (tertiary/aromatic N) is 3. The summed E-state index contributed by atoms with van der Waals surface area (Å²) in [5, 5.41) is 7.95. The maximum absolute atomic E-state index is 4.50. The van der Waals surface area contributed by atoms with Crippen molar-refractivity contribution < 1.29 is 0 Å². The molecule has 0 fully saturated rings. The summed E-state index contributed by atoms with van der Waals surface area (Å²) in [5.41, 5.74) is 5.85. The van der Waals surface area contributed by atoms with E-state index in [9.17, 15) is 0 Å². The van der Waals surface area contributed by atoms with Crippen LogP contribution >= 0.6 is 11.3 Å². The Bertz CT molecular complexity index is 1300. The van der Waals surface area contributed by atoms with Crippen molar-refractivity contribution in [2.24, 2.45) is 7.05 Å². The first-order chi connectivity index (χ1) is 13.7. The number of nitrogens with one attached hydrogen (secondary N) is 1. The fourth-order valence-electron chi connectivity index (χ4n) is 3.59. The summed E-state index contributed by atoms with van der Waals surface area (Å²) in [6.07, 6.45) is 3.72. The predicted molar refractivity (Wildman–Crippen MR) is 118 cm³/mol. The Kier molecular flexibility index (Phi) is 4.10. The van der Waals surface area contributed by atoms with Crippen LogP contribution in [0.15, 0.2) is 66.4 Å². The summed E-state index contributed by atoms with van der Waals surface area (Å²) in [5.74, 6) is 0.874. The van der Waals surface area contributed by atoms with Crippen molar-refractivity contribution in [3.05, 3.63) is 76.9 Å². The number of aromatic nitrogens is 3. The van der Waals surface area contributed by atoms with Crippen LogP contribution in [0.25, 0.3) is 32.9 Å². The van der Waals surface area contributed by atoms with Crippen LogP contribution < -0.4 is 5.32 Å². The lowest BCUT2D eigenvalue weighted by atomic mass is 10.0. The molecule has 5 aromatic rings. The van der Waals surface area contributed by atoms with E-state index in [0.717, 1.165) is 23.3 Å². The van der Waals surface area contributed by atoms with Crippen molar-refractivity contribution in [1.82, 2.24) is 14.5 Å². The van der Waals surface area contributed by atoms with Crippen LogP contribution in [0.3, 0.4) is 0 Å². The summed E-state index contributed by atoms with van der Waals surface area (Å²) < 4.78 is 2.14. The molecule has 0 saturated carbocycles. The van der Waals surface area contributed by atoms with Gasteiger partial charge in [0.15, 0.2) is 0 Å². The van der Waals surface area contributed by atoms with Crippen LogP contribution in [0.4, 0.5) is 5.82 Å². The molecule has 5 rings (SSSR count). The van der Waals surface area contributed by atoms with Gasteiger partial charge in [0.2, 0.25) is 0 Å². The van der Waals surface area contributed by atoms with Crippen LogP contribution in [-0.4, -0.2) is 14.5 Å². The molecule has 0 amide bonds. The second-order valence-corrected chi connectivity index (χ2v) is 8.09. The smallest absolute Gasteiger partial charge is 0.137 e. The van der Waals surface area contributed by atoms with E-state index in [4.69, 9.17) is 0 Å². The van der Waals surface area contributed by atoms with Crippen molar-refractivity contribution in [2.75, 3.05) is 5.32 Å². The maximum Gasteiger partial charge on any atom is 0.137 e. The van der Waals surface area contributed by atoms with Crippen molar-refractivity contribution in [3.8, 4) is 11.1 Å². The highest BCUT2D eigenvalue weighted by atomic mass is 32.1. The molecule has 28 heavy (non-hydrogen) atoms. The van der Waals surface area contributed by atoms with E-state index in [1.165, 1.54) is 32.5 Å². The number of rotatable bonds is 4. The molecule has 3 aromatic heterocycles. The number of aryl methyl sites for hydroxylation is 2. The zero-order valence-corrected chi connectivity index (χ0v) is 16.6. The molecule has 0 aliphatic carbocycles. The minimum absolute atomic E-state index is 0.769. The van der Waals surface area contributed by atoms with Crippen LogP contribution in [0, 0.1) is 6.92 Å². The Labute approximate surface area is 167 Å². The summed E-state index contributed by atoms with van der Waals surface area (Å²) >= 11 is 1.77. The summed E-state index contributed by atoms with van der Waals surface area (Å²) in [6, 6.07) is 17.3. The van der Waals surface area contributed by atoms with Crippen LogP contribution in [-0.2, 0) is 13.6 Å². The number of hydrogen-bond acceptors (Lipinski definition) is 4. The normalized spacial score (nSPS) is 11.4. The zero-order chi connectivity index (χ0) is 19.1. The lowest BCUT2D eigenvalue weighted by Crippen LogP contribution is -2.01. The monoisotopic (exact) mass is 384 g/mol. The third-order valence-corrected chi connectivity index (χ3v) is 6.12. The molecule has 5 heteroatoms. The van der Waals surface area contributed by atoms with Crippen molar-refractivity contribution >= 4 is 39.0 Å². The molecule has 2 aromatic carbocycles. The fraction of sp³-hybridized carbons (Fsp3) is 0.130. The van der Waals surface area contributed by atoms with Gasteiger partial charge < -0.3 is 9.88 Å². The molecule has 0 atom stereocenters. The fourth-order valence-corrected chi connectivity index (χ4v) is 4.41. The van der Waals surface area contributed by atoms with E-state index in [2.05, 4.69) is 93.9 Å². The van der Waals surface area contributed by atoms with E-state index in [1.807, 2.05) is 0 Å². The third-order valence-electron chi connectivity index (χ3n) is 5.07. The molecule has 0 radical (unpaired) electrons. The Morgan fingerprint density at radius 1 is 1.00 bits per heavy atom. The van der Waals surface area contributed by atoms with Crippen LogP contribution in [0.2, 0.25) is 0 Å². The lowest BCUT2D eigenvalue weighted by molar-refractivity contribution is 0.969. The number of thiophene rings is 1. The molecular weight excluding hydrogens is 364 g/mol. The first-order valence-electron chi connectivity index (χ1n) is 9.25. The predicted octanol–water partition coefficient (Wildman–Crippen LogP) is 5.77. The van der Waals surface area contributed by atoms with E-state index in [1.54, 1.807) is 17.7 Å². The van der Waals surface area contributed by atoms with Gasteiger partial charge in [0.05, 0.1) is 12.1 Å². The molecule has 0 unspecified atom stereocenters. The highest BCUT2D eigenvalue weighted by molar-refractivity contribution is 7.10. The minimum atomic E-state index is 0.769. The minimum Gasteiger partial charge on any atom is -0.365 e. The zero-order valence-electron chi connectivity index (χ0n) is 15.8. The first-order valence-corrected chi connectivity index (χ1v) is 10.1. The third kappa shape index (κ3) is 3.04. The van der Waals surface area contributed by atoms with Gasteiger partial charge in [0.25, 0.3) is 0 Å². The molecule has 3 heterocycles. The van der Waals surface area contributed by atoms with Crippen LogP contribution in [0.1, 0.15) is 10.4 Å². The van der Waals surface area contributed by atoms with Crippen molar-refractivity contribution in [2.45, 2.75) is 13.5 Å². The highest BCUT2D eigenvalue weighted by Crippen LogP contribution is 2.29. The first kappa shape index (κ1) is 17.0. The molecule has 0 bridgehead atoms. The standard InChI is InChI=1S/C23H20N4S/c1-15-9-19(28-13-15)12-24-23-20-11-17(3-5-21(20)25-14-26-23)16-4-6-22-18(10-16)7-8-27(22)2/h3-11,13-14H,12H2,1-2H3,(H,24,25,26). The molecular formula is C23H20N4S. The van der Waals surface area contributed by atoms with Crippen molar-refractivity contribution in [3.63, 3.8) is 0 Å². The Morgan fingerprint density at radius 3 is 2.71 bits per heavy atom. The van der Waals surface area contributed by atoms with Crippen LogP contribution in [0.5, 0.6) is 0 Å². The van der Waals surface area contributed by atoms with E-state index >= 15 is 0 Å². The lowest BCUT2D eigenvalue weighted by Gasteiger charge is -2.09. The second-order valence-electron chi connectivity index (χ2n) is 7.10. The van der Waals surface area contributed by atoms with Gasteiger partial charge in [-0.3, -0.25) is 0 Å². The summed E-state index contributed by atoms with van der Waals surface area (Å²) in [6.45, 7) is 2.89. The van der Waals surface area contributed by atoms with Gasteiger partial charge in [-0.2, -0.15) is 0 Å². The van der Waals surface area contributed by atoms with Gasteiger partial charge in [-0.25, -0.2) is 9.97 Å². The Balaban J connectivity index is 1.53. The molecule has 0 aliphatic rings. The van der Waals surface area contributed by atoms with E-state index in [-0.39, 0.29) is 0 Å². The SMILES string of the molecule is Cc1csc(CNc2ncnc3ccc(-c4ccc5c(ccn5C)c4)cc23)c1. The van der Waals surface area contributed by atoms with Gasteiger partial charge >= 0.3 is 0 Å². The maximum atomic E-state index is 4.50. The topological polar surface area (TPSA) is 42.7 Å². The number of benzene rings is 2. The Morgan fingerprint density at radius 2 is 1.86 bits per heavy atom. The van der Waals surface area contributed by atoms with Gasteiger partial charge in [-0.1, -0.05) is 12.1 Å². The van der Waals surface area contributed by atoms with Gasteiger partial charge in [-0.05, 0) is 65.4 Å². The highest BCUT2D eigenvalue weighted by Gasteiger charge is 2.08. The average Bonchev–Trinajstić information content (AvgIpc) is 3.31. The van der Waals surface area contributed by atoms with Gasteiger partial charge in [0.1, 0.15) is 12.1 Å². The van der Waals surface area contributed by atoms with Crippen molar-refractivity contribution in [1.29, 1.82) is 0 Å². The second kappa shape index (κ2) is 6.77. The molecule has 0 saturated heterocycles. The quantitative estimate of drug-likeness (QED) is 0.428. The number of anilines is 1. The Hall–Kier alpha value is -3.18. The largest absolute Gasteiger partial charge is 0.365 e. The number of hydrogen-bond donors (Lipinski definition) is 1. The van der Waals surface area contributed by atoms with E-state index in [0.29, 0.717) is 0 Å². The molecule has 4 nitrogen and oxygen atoms in total. The average molecular weight is 385 g/mol. The molecule has 0 aliphatic heterocycles. The summed E-state index contributed by atoms with van der Waals surface area (Å²) in [4.78, 5) is 10.2. The molecule has 1 N–H and O–H groups in total. The van der Waals surface area contributed by atoms with E-state index < -0.39 is 0 Å².